The van der Waals surface area contributed by atoms with E-state index in [1.165, 1.54) is 135 Å². The van der Waals surface area contributed by atoms with Crippen LogP contribution in [0.3, 0.4) is 0 Å². The SMILES string of the molecule is CCCCCC/C=C\C/C=C\CCCCCCCCCC(=O)OC(CO)COCCCCCCCC/C=C\C/C=C\CCCCCC. The normalized spacial score (nSPS) is 12.8. The molecule has 4 nitrogen and oxygen atoms in total. The third kappa shape index (κ3) is 38.7. The van der Waals surface area contributed by atoms with Crippen molar-refractivity contribution in [2.45, 2.75) is 200 Å². The van der Waals surface area contributed by atoms with Crippen LogP contribution in [0.5, 0.6) is 0 Å². The molecule has 274 valence electrons. The minimum Gasteiger partial charge on any atom is -0.457 e. The zero-order chi connectivity index (χ0) is 34.1. The van der Waals surface area contributed by atoms with Crippen LogP contribution in [0.1, 0.15) is 194 Å². The van der Waals surface area contributed by atoms with E-state index in [1.54, 1.807) is 0 Å². The first-order chi connectivity index (χ1) is 23.2. The van der Waals surface area contributed by atoms with Crippen molar-refractivity contribution in [3.63, 3.8) is 0 Å². The summed E-state index contributed by atoms with van der Waals surface area (Å²) in [5.74, 6) is -0.213. The zero-order valence-electron chi connectivity index (χ0n) is 31.3. The van der Waals surface area contributed by atoms with E-state index in [4.69, 9.17) is 9.47 Å². The van der Waals surface area contributed by atoms with E-state index in [1.807, 2.05) is 0 Å². The van der Waals surface area contributed by atoms with Crippen LogP contribution in [0.25, 0.3) is 0 Å². The van der Waals surface area contributed by atoms with Crippen molar-refractivity contribution in [3.05, 3.63) is 48.6 Å². The Bertz CT molecular complexity index is 738. The Balaban J connectivity index is 3.48. The van der Waals surface area contributed by atoms with Crippen molar-refractivity contribution < 1.29 is 19.4 Å². The van der Waals surface area contributed by atoms with E-state index in [9.17, 15) is 9.90 Å². The van der Waals surface area contributed by atoms with E-state index in [2.05, 4.69) is 62.5 Å². The summed E-state index contributed by atoms with van der Waals surface area (Å²) in [5, 5.41) is 9.58. The zero-order valence-corrected chi connectivity index (χ0v) is 31.3. The second-order valence-electron chi connectivity index (χ2n) is 13.3. The molecule has 0 spiro atoms. The minimum absolute atomic E-state index is 0.180. The summed E-state index contributed by atoms with van der Waals surface area (Å²) in [6.07, 6.45) is 51.5. The number of carbonyl (C=O) groups is 1. The van der Waals surface area contributed by atoms with Gasteiger partial charge in [0.15, 0.2) is 0 Å². The number of aliphatic hydroxyl groups is 1. The van der Waals surface area contributed by atoms with Gasteiger partial charge in [-0.15, -0.1) is 0 Å². The molecule has 0 saturated heterocycles. The third-order valence-corrected chi connectivity index (χ3v) is 8.63. The van der Waals surface area contributed by atoms with Gasteiger partial charge in [-0.05, 0) is 77.0 Å². The molecule has 0 bridgehead atoms. The van der Waals surface area contributed by atoms with Crippen LogP contribution in [-0.4, -0.2) is 37.0 Å². The van der Waals surface area contributed by atoms with Gasteiger partial charge in [-0.3, -0.25) is 4.79 Å². The highest BCUT2D eigenvalue weighted by Gasteiger charge is 2.13. The molecule has 0 amide bonds. The number of ether oxygens (including phenoxy) is 2. The minimum atomic E-state index is -0.544. The molecular weight excluding hydrogens is 580 g/mol. The number of esters is 1. The molecule has 0 aromatic rings. The molecule has 1 N–H and O–H groups in total. The molecule has 0 aliphatic rings. The first kappa shape index (κ1) is 45.3. The van der Waals surface area contributed by atoms with Crippen LogP contribution >= 0.6 is 0 Å². The second-order valence-corrected chi connectivity index (χ2v) is 13.3. The summed E-state index contributed by atoms with van der Waals surface area (Å²) < 4.78 is 11.1. The molecule has 1 atom stereocenters. The number of hydrogen-bond acceptors (Lipinski definition) is 4. The van der Waals surface area contributed by atoms with Gasteiger partial charge < -0.3 is 14.6 Å². The molecule has 0 aromatic heterocycles. The topological polar surface area (TPSA) is 55.8 Å². The number of aliphatic hydroxyl groups excluding tert-OH is 1. The molecule has 0 heterocycles. The van der Waals surface area contributed by atoms with Crippen LogP contribution in [-0.2, 0) is 14.3 Å². The molecule has 47 heavy (non-hydrogen) atoms. The first-order valence-electron chi connectivity index (χ1n) is 20.2. The first-order valence-corrected chi connectivity index (χ1v) is 20.2. The molecule has 0 rings (SSSR count). The fourth-order valence-electron chi connectivity index (χ4n) is 5.56. The lowest BCUT2D eigenvalue weighted by Gasteiger charge is -2.15. The molecule has 0 radical (unpaired) electrons. The number of unbranched alkanes of at least 4 members (excludes halogenated alkanes) is 21. The highest BCUT2D eigenvalue weighted by atomic mass is 16.6. The Hall–Kier alpha value is -1.65. The van der Waals surface area contributed by atoms with Crippen LogP contribution < -0.4 is 0 Å². The lowest BCUT2D eigenvalue weighted by atomic mass is 10.1. The van der Waals surface area contributed by atoms with E-state index >= 15 is 0 Å². The standard InChI is InChI=1S/C43H78O4/c1-3-5-7-9-11-13-15-17-19-21-22-24-26-28-30-32-34-36-38-43(45)47-42(40-44)41-46-39-37-35-33-31-29-27-25-23-20-18-16-14-12-10-8-6-4-2/h13-16,19-21,23,42,44H,3-12,17-18,22,24-41H2,1-2H3/b15-13-,16-14-,21-19-,23-20-. The van der Waals surface area contributed by atoms with Crippen molar-refractivity contribution in [2.75, 3.05) is 19.8 Å². The van der Waals surface area contributed by atoms with Gasteiger partial charge in [0.05, 0.1) is 13.2 Å². The number of hydrogen-bond donors (Lipinski definition) is 1. The van der Waals surface area contributed by atoms with Gasteiger partial charge in [-0.25, -0.2) is 0 Å². The Morgan fingerprint density at radius 2 is 0.894 bits per heavy atom. The van der Waals surface area contributed by atoms with Crippen LogP contribution in [0, 0.1) is 0 Å². The fourth-order valence-corrected chi connectivity index (χ4v) is 5.56. The number of allylic oxidation sites excluding steroid dienone is 8. The Labute approximate surface area is 292 Å². The summed E-state index contributed by atoms with van der Waals surface area (Å²) in [6, 6.07) is 0. The average Bonchev–Trinajstić information content (AvgIpc) is 3.08. The number of rotatable bonds is 37. The molecule has 0 aliphatic heterocycles. The van der Waals surface area contributed by atoms with Crippen LogP contribution in [0.4, 0.5) is 0 Å². The van der Waals surface area contributed by atoms with Gasteiger partial charge in [-0.2, -0.15) is 0 Å². The largest absolute Gasteiger partial charge is 0.457 e. The predicted molar refractivity (Wildman–Crippen MR) is 205 cm³/mol. The van der Waals surface area contributed by atoms with Crippen LogP contribution in [0.2, 0.25) is 0 Å². The van der Waals surface area contributed by atoms with Crippen LogP contribution in [0.15, 0.2) is 48.6 Å². The highest BCUT2D eigenvalue weighted by molar-refractivity contribution is 5.69. The summed E-state index contributed by atoms with van der Waals surface area (Å²) in [7, 11) is 0. The molecule has 1 unspecified atom stereocenters. The van der Waals surface area contributed by atoms with E-state index < -0.39 is 6.10 Å². The Morgan fingerprint density at radius 3 is 1.32 bits per heavy atom. The van der Waals surface area contributed by atoms with E-state index in [0.717, 1.165) is 38.5 Å². The van der Waals surface area contributed by atoms with Gasteiger partial charge in [0.2, 0.25) is 0 Å². The third-order valence-electron chi connectivity index (χ3n) is 8.63. The van der Waals surface area contributed by atoms with E-state index in [-0.39, 0.29) is 19.2 Å². The van der Waals surface area contributed by atoms with Crippen molar-refractivity contribution in [1.29, 1.82) is 0 Å². The van der Waals surface area contributed by atoms with Gasteiger partial charge in [0.1, 0.15) is 6.10 Å². The Kier molecular flexibility index (Phi) is 39.1. The van der Waals surface area contributed by atoms with Gasteiger partial charge in [0, 0.05) is 13.0 Å². The maximum Gasteiger partial charge on any atom is 0.306 e. The molecule has 0 aromatic carbocycles. The van der Waals surface area contributed by atoms with Gasteiger partial charge >= 0.3 is 5.97 Å². The van der Waals surface area contributed by atoms with Gasteiger partial charge in [-0.1, -0.05) is 159 Å². The highest BCUT2D eigenvalue weighted by Crippen LogP contribution is 2.12. The average molecular weight is 659 g/mol. The predicted octanol–water partition coefficient (Wildman–Crippen LogP) is 13.1. The fraction of sp³-hybridized carbons (Fsp3) is 0.791. The van der Waals surface area contributed by atoms with Gasteiger partial charge in [0.25, 0.3) is 0 Å². The summed E-state index contributed by atoms with van der Waals surface area (Å²) in [5.41, 5.74) is 0. The smallest absolute Gasteiger partial charge is 0.306 e. The van der Waals surface area contributed by atoms with Crippen molar-refractivity contribution in [1.82, 2.24) is 0 Å². The summed E-state index contributed by atoms with van der Waals surface area (Å²) in [4.78, 5) is 12.2. The summed E-state index contributed by atoms with van der Waals surface area (Å²) in [6.45, 7) is 5.29. The number of carbonyl (C=O) groups excluding carboxylic acids is 1. The molecule has 0 aliphatic carbocycles. The molecule has 0 saturated carbocycles. The lowest BCUT2D eigenvalue weighted by Crippen LogP contribution is -2.27. The van der Waals surface area contributed by atoms with E-state index in [0.29, 0.717) is 13.0 Å². The second kappa shape index (κ2) is 40.5. The quantitative estimate of drug-likeness (QED) is 0.0410. The van der Waals surface area contributed by atoms with Crippen molar-refractivity contribution in [2.24, 2.45) is 0 Å². The maximum absolute atomic E-state index is 12.2. The van der Waals surface area contributed by atoms with Crippen molar-refractivity contribution in [3.8, 4) is 0 Å². The lowest BCUT2D eigenvalue weighted by molar-refractivity contribution is -0.154. The molecule has 4 heteroatoms. The Morgan fingerprint density at radius 1 is 0.511 bits per heavy atom. The summed E-state index contributed by atoms with van der Waals surface area (Å²) >= 11 is 0. The molecule has 0 fully saturated rings. The van der Waals surface area contributed by atoms with Crippen molar-refractivity contribution >= 4 is 5.97 Å². The molecular formula is C43H78O4. The monoisotopic (exact) mass is 659 g/mol. The maximum atomic E-state index is 12.2.